The summed E-state index contributed by atoms with van der Waals surface area (Å²) >= 11 is 6.34. The number of hydrogen-bond acceptors (Lipinski definition) is 3. The van der Waals surface area contributed by atoms with Gasteiger partial charge < -0.3 is 4.74 Å². The summed E-state index contributed by atoms with van der Waals surface area (Å²) in [6, 6.07) is 15.0. The van der Waals surface area contributed by atoms with Crippen LogP contribution in [0.2, 0.25) is 5.02 Å². The van der Waals surface area contributed by atoms with Crippen LogP contribution in [0.1, 0.15) is 68.2 Å². The zero-order valence-corrected chi connectivity index (χ0v) is 17.4. The summed E-state index contributed by atoms with van der Waals surface area (Å²) in [5, 5.41) is 8.19. The van der Waals surface area contributed by atoms with Gasteiger partial charge in [0.05, 0.1) is 11.8 Å². The monoisotopic (exact) mass is 394 g/mol. The Labute approximate surface area is 172 Å². The summed E-state index contributed by atoms with van der Waals surface area (Å²) in [5.41, 5.74) is 4.49. The van der Waals surface area contributed by atoms with Gasteiger partial charge in [-0.3, -0.25) is 0 Å². The van der Waals surface area contributed by atoms with Gasteiger partial charge in [0.2, 0.25) is 0 Å². The van der Waals surface area contributed by atoms with Gasteiger partial charge >= 0.3 is 0 Å². The Balaban J connectivity index is 1.56. The Morgan fingerprint density at radius 2 is 1.89 bits per heavy atom. The number of halogens is 1. The number of hydrogen-bond donors (Lipinski definition) is 0. The van der Waals surface area contributed by atoms with Crippen molar-refractivity contribution in [1.29, 1.82) is 0 Å². The van der Waals surface area contributed by atoms with Gasteiger partial charge in [0.1, 0.15) is 5.75 Å². The fourth-order valence-electron chi connectivity index (χ4n) is 5.04. The molecule has 146 valence electrons. The van der Waals surface area contributed by atoms with Crippen molar-refractivity contribution in [2.75, 3.05) is 0 Å². The van der Waals surface area contributed by atoms with Gasteiger partial charge in [0.25, 0.3) is 0 Å². The van der Waals surface area contributed by atoms with Crippen molar-refractivity contribution in [3.8, 4) is 5.75 Å². The second-order valence-electron chi connectivity index (χ2n) is 8.56. The lowest BCUT2D eigenvalue weighted by Gasteiger charge is -2.50. The summed E-state index contributed by atoms with van der Waals surface area (Å²) in [6.45, 7) is 4.42. The van der Waals surface area contributed by atoms with Gasteiger partial charge in [-0.2, -0.15) is 5.10 Å². The fraction of sp³-hybridized carbons (Fsp3) is 0.458. The van der Waals surface area contributed by atoms with Gasteiger partial charge in [-0.1, -0.05) is 54.8 Å². The first-order valence-electron chi connectivity index (χ1n) is 10.5. The second kappa shape index (κ2) is 6.81. The van der Waals surface area contributed by atoms with Crippen LogP contribution in [0.3, 0.4) is 0 Å². The molecule has 0 bridgehead atoms. The highest BCUT2D eigenvalue weighted by atomic mass is 35.5. The molecule has 1 fully saturated rings. The number of benzene rings is 2. The standard InChI is InChI=1S/C24H27ClN2O/c1-3-17-10-12-24(13-11-17)27-22(20-14-19(25)8-9-23(20)28-24)15-21(26-27)18-6-4-16(2)5-7-18/h4-9,14,17,22H,3,10-13,15H2,1-2H3/t17?,22-,24?/m0/s1. The highest BCUT2D eigenvalue weighted by Crippen LogP contribution is 2.52. The van der Waals surface area contributed by atoms with E-state index in [0.29, 0.717) is 0 Å². The van der Waals surface area contributed by atoms with Crippen LogP contribution in [0.5, 0.6) is 5.75 Å². The number of rotatable bonds is 2. The molecule has 0 radical (unpaired) electrons. The van der Waals surface area contributed by atoms with E-state index >= 15 is 0 Å². The largest absolute Gasteiger partial charge is 0.466 e. The number of ether oxygens (including phenoxy) is 1. The van der Waals surface area contributed by atoms with E-state index in [-0.39, 0.29) is 11.8 Å². The lowest BCUT2D eigenvalue weighted by molar-refractivity contribution is -0.146. The SMILES string of the molecule is CCC1CCC2(CC1)Oc1ccc(Cl)cc1[C@@H]1CC(c3ccc(C)cc3)=NN12. The van der Waals surface area contributed by atoms with E-state index in [0.717, 1.165) is 41.7 Å². The van der Waals surface area contributed by atoms with Gasteiger partial charge in [-0.05, 0) is 49.4 Å². The zero-order chi connectivity index (χ0) is 19.3. The predicted octanol–water partition coefficient (Wildman–Crippen LogP) is 6.49. The number of hydrazone groups is 1. The Morgan fingerprint density at radius 1 is 1.14 bits per heavy atom. The maximum Gasteiger partial charge on any atom is 0.198 e. The molecule has 2 aromatic carbocycles. The summed E-state index contributed by atoms with van der Waals surface area (Å²) in [6.07, 6.45) is 6.64. The number of aryl methyl sites for hydroxylation is 1. The first-order valence-corrected chi connectivity index (χ1v) is 10.9. The van der Waals surface area contributed by atoms with Crippen molar-refractivity contribution in [2.24, 2.45) is 11.0 Å². The van der Waals surface area contributed by atoms with E-state index in [4.69, 9.17) is 21.4 Å². The van der Waals surface area contributed by atoms with Gasteiger partial charge in [-0.25, -0.2) is 5.01 Å². The molecular formula is C24H27ClN2O. The molecule has 2 aromatic rings. The third-order valence-electron chi connectivity index (χ3n) is 6.81. The van der Waals surface area contributed by atoms with E-state index in [2.05, 4.69) is 49.2 Å². The van der Waals surface area contributed by atoms with Crippen molar-refractivity contribution in [3.05, 3.63) is 64.2 Å². The van der Waals surface area contributed by atoms with E-state index in [9.17, 15) is 0 Å². The Morgan fingerprint density at radius 3 is 2.61 bits per heavy atom. The topological polar surface area (TPSA) is 24.8 Å². The molecule has 0 N–H and O–H groups in total. The molecule has 1 aliphatic carbocycles. The van der Waals surface area contributed by atoms with E-state index in [1.165, 1.54) is 36.0 Å². The molecule has 0 amide bonds. The first kappa shape index (κ1) is 18.1. The van der Waals surface area contributed by atoms with Crippen LogP contribution in [0.4, 0.5) is 0 Å². The Hall–Kier alpha value is -2.00. The maximum atomic E-state index is 6.69. The van der Waals surface area contributed by atoms with E-state index < -0.39 is 0 Å². The van der Waals surface area contributed by atoms with Crippen molar-refractivity contribution in [1.82, 2.24) is 5.01 Å². The quantitative estimate of drug-likeness (QED) is 0.581. The van der Waals surface area contributed by atoms with Crippen LogP contribution in [0.25, 0.3) is 0 Å². The van der Waals surface area contributed by atoms with Crippen LogP contribution in [-0.2, 0) is 0 Å². The number of fused-ring (bicyclic) bond motifs is 4. The lowest BCUT2D eigenvalue weighted by Crippen LogP contribution is -2.55. The lowest BCUT2D eigenvalue weighted by atomic mass is 9.80. The minimum Gasteiger partial charge on any atom is -0.466 e. The molecule has 1 spiro atoms. The third-order valence-corrected chi connectivity index (χ3v) is 7.04. The van der Waals surface area contributed by atoms with Crippen molar-refractivity contribution >= 4 is 17.3 Å². The highest BCUT2D eigenvalue weighted by molar-refractivity contribution is 6.30. The summed E-state index contributed by atoms with van der Waals surface area (Å²) in [4.78, 5) is 0. The average Bonchev–Trinajstić information content (AvgIpc) is 3.17. The van der Waals surface area contributed by atoms with E-state index in [1.54, 1.807) is 0 Å². The first-order chi connectivity index (χ1) is 13.6. The summed E-state index contributed by atoms with van der Waals surface area (Å²) in [7, 11) is 0. The molecule has 4 heteroatoms. The van der Waals surface area contributed by atoms with Crippen molar-refractivity contribution < 1.29 is 4.74 Å². The summed E-state index contributed by atoms with van der Waals surface area (Å²) in [5.74, 6) is 1.79. The Kier molecular flexibility index (Phi) is 4.39. The molecule has 28 heavy (non-hydrogen) atoms. The van der Waals surface area contributed by atoms with Gasteiger partial charge in [0, 0.05) is 29.8 Å². The van der Waals surface area contributed by atoms with Crippen molar-refractivity contribution in [3.63, 3.8) is 0 Å². The van der Waals surface area contributed by atoms with Gasteiger partial charge in [0.15, 0.2) is 5.72 Å². The molecular weight excluding hydrogens is 368 g/mol. The average molecular weight is 395 g/mol. The summed E-state index contributed by atoms with van der Waals surface area (Å²) < 4.78 is 6.69. The van der Waals surface area contributed by atoms with Crippen LogP contribution in [0, 0.1) is 12.8 Å². The third kappa shape index (κ3) is 2.91. The van der Waals surface area contributed by atoms with E-state index in [1.807, 2.05) is 12.1 Å². The van der Waals surface area contributed by atoms with Crippen molar-refractivity contribution in [2.45, 2.75) is 64.1 Å². The van der Waals surface area contributed by atoms with Crippen LogP contribution < -0.4 is 4.74 Å². The molecule has 5 rings (SSSR count). The van der Waals surface area contributed by atoms with Crippen LogP contribution in [-0.4, -0.2) is 16.4 Å². The molecule has 1 saturated carbocycles. The maximum absolute atomic E-state index is 6.69. The smallest absolute Gasteiger partial charge is 0.198 e. The fourth-order valence-corrected chi connectivity index (χ4v) is 5.22. The predicted molar refractivity (Wildman–Crippen MR) is 114 cm³/mol. The Bertz CT molecular complexity index is 913. The second-order valence-corrected chi connectivity index (χ2v) is 9.00. The molecule has 0 unspecified atom stereocenters. The highest BCUT2D eigenvalue weighted by Gasteiger charge is 2.51. The van der Waals surface area contributed by atoms with Crippen LogP contribution >= 0.6 is 11.6 Å². The number of nitrogens with zero attached hydrogens (tertiary/aromatic N) is 2. The minimum absolute atomic E-state index is 0.205. The molecule has 3 nitrogen and oxygen atoms in total. The molecule has 2 aliphatic heterocycles. The normalized spacial score (nSPS) is 28.5. The molecule has 3 aliphatic rings. The molecule has 0 aromatic heterocycles. The molecule has 2 heterocycles. The van der Waals surface area contributed by atoms with Gasteiger partial charge in [-0.15, -0.1) is 0 Å². The molecule has 0 saturated heterocycles. The molecule has 1 atom stereocenters. The minimum atomic E-state index is -0.316. The van der Waals surface area contributed by atoms with Crippen LogP contribution in [0.15, 0.2) is 47.6 Å². The zero-order valence-electron chi connectivity index (χ0n) is 16.6.